The van der Waals surface area contributed by atoms with Gasteiger partial charge in [-0.25, -0.2) is 0 Å². The van der Waals surface area contributed by atoms with Gasteiger partial charge in [-0.05, 0) is 12.3 Å². The Kier molecular flexibility index (Phi) is 4.82. The fourth-order valence-electron chi connectivity index (χ4n) is 1.43. The maximum absolute atomic E-state index is 11.5. The highest BCUT2D eigenvalue weighted by molar-refractivity contribution is 5.92. The van der Waals surface area contributed by atoms with Gasteiger partial charge >= 0.3 is 0 Å². The van der Waals surface area contributed by atoms with Crippen LogP contribution in [0.1, 0.15) is 43.6 Å². The highest BCUT2D eigenvalue weighted by Gasteiger charge is 2.07. The molecule has 0 fully saturated rings. The number of hydrogen-bond donors (Lipinski definition) is 3. The van der Waals surface area contributed by atoms with Crippen LogP contribution in [0.2, 0.25) is 0 Å². The van der Waals surface area contributed by atoms with Crippen LogP contribution in [-0.4, -0.2) is 22.6 Å². The second-order valence-electron chi connectivity index (χ2n) is 4.35. The zero-order valence-corrected chi connectivity index (χ0v) is 9.92. The fourth-order valence-corrected chi connectivity index (χ4v) is 1.43. The molecule has 4 N–H and O–H groups in total. The van der Waals surface area contributed by atoms with E-state index in [1.165, 1.54) is 12.5 Å². The molecule has 90 valence electrons. The molecule has 0 atom stereocenters. The normalized spacial score (nSPS) is 10.7. The number of aromatic nitrogens is 2. The smallest absolute Gasteiger partial charge is 0.269 e. The summed E-state index contributed by atoms with van der Waals surface area (Å²) in [5, 5.41) is 9.09. The van der Waals surface area contributed by atoms with Crippen molar-refractivity contribution in [1.82, 2.24) is 15.5 Å². The van der Waals surface area contributed by atoms with Crippen molar-refractivity contribution in [2.75, 3.05) is 12.3 Å². The van der Waals surface area contributed by atoms with E-state index in [4.69, 9.17) is 5.73 Å². The number of nitrogens with two attached hydrogens (primary N) is 1. The summed E-state index contributed by atoms with van der Waals surface area (Å²) >= 11 is 0. The number of nitrogens with zero attached hydrogens (tertiary/aromatic N) is 1. The van der Waals surface area contributed by atoms with Crippen molar-refractivity contribution in [1.29, 1.82) is 0 Å². The van der Waals surface area contributed by atoms with Crippen LogP contribution in [0, 0.1) is 5.92 Å². The minimum absolute atomic E-state index is 0.145. The fraction of sp³-hybridized carbons (Fsp3) is 0.636. The molecule has 5 heteroatoms. The van der Waals surface area contributed by atoms with Gasteiger partial charge in [0.2, 0.25) is 0 Å². The molecule has 0 bridgehead atoms. The zero-order chi connectivity index (χ0) is 12.0. The Labute approximate surface area is 95.8 Å². The largest absolute Gasteiger partial charge is 0.382 e. The van der Waals surface area contributed by atoms with Crippen molar-refractivity contribution >= 4 is 11.7 Å². The lowest BCUT2D eigenvalue weighted by atomic mass is 10.1. The quantitative estimate of drug-likeness (QED) is 0.641. The van der Waals surface area contributed by atoms with E-state index in [0.29, 0.717) is 18.1 Å². The van der Waals surface area contributed by atoms with E-state index in [0.717, 1.165) is 18.8 Å². The molecule has 16 heavy (non-hydrogen) atoms. The first-order chi connectivity index (χ1) is 7.59. The van der Waals surface area contributed by atoms with Gasteiger partial charge in [0.1, 0.15) is 11.5 Å². The number of anilines is 1. The Balaban J connectivity index is 2.16. The first-order valence-electron chi connectivity index (χ1n) is 5.68. The molecule has 1 amide bonds. The number of hydrogen-bond acceptors (Lipinski definition) is 3. The summed E-state index contributed by atoms with van der Waals surface area (Å²) in [6, 6.07) is 1.53. The van der Waals surface area contributed by atoms with Crippen LogP contribution < -0.4 is 11.1 Å². The Bertz CT molecular complexity index is 332. The van der Waals surface area contributed by atoms with Crippen molar-refractivity contribution in [2.24, 2.45) is 5.92 Å². The SMILES string of the molecule is CC(C)CCCCNC(=O)c1cc(N)n[nH]1. The lowest BCUT2D eigenvalue weighted by Gasteiger charge is -2.05. The predicted octanol–water partition coefficient (Wildman–Crippen LogP) is 1.55. The molecule has 1 heterocycles. The molecule has 0 aliphatic carbocycles. The molecule has 0 aliphatic heterocycles. The first-order valence-corrected chi connectivity index (χ1v) is 5.68. The number of unbranched alkanes of at least 4 members (excludes halogenated alkanes) is 1. The molecule has 0 unspecified atom stereocenters. The molecule has 5 nitrogen and oxygen atoms in total. The van der Waals surface area contributed by atoms with Crippen LogP contribution in [0.15, 0.2) is 6.07 Å². The molecule has 0 saturated heterocycles. The number of carbonyl (C=O) groups excluding carboxylic acids is 1. The van der Waals surface area contributed by atoms with Gasteiger partial charge in [0, 0.05) is 12.6 Å². The van der Waals surface area contributed by atoms with Crippen molar-refractivity contribution in [2.45, 2.75) is 33.1 Å². The molecule has 0 aliphatic rings. The number of nitrogens with one attached hydrogen (secondary N) is 2. The van der Waals surface area contributed by atoms with Gasteiger partial charge in [-0.1, -0.05) is 26.7 Å². The molecule has 0 spiro atoms. The van der Waals surface area contributed by atoms with E-state index in [9.17, 15) is 4.79 Å². The molecule has 0 radical (unpaired) electrons. The summed E-state index contributed by atoms with van der Waals surface area (Å²) < 4.78 is 0. The van der Waals surface area contributed by atoms with Crippen LogP contribution in [0.25, 0.3) is 0 Å². The Morgan fingerprint density at radius 3 is 2.88 bits per heavy atom. The number of nitrogen functional groups attached to an aromatic ring is 1. The van der Waals surface area contributed by atoms with Crippen LogP contribution in [-0.2, 0) is 0 Å². The van der Waals surface area contributed by atoms with E-state index in [-0.39, 0.29) is 5.91 Å². The Morgan fingerprint density at radius 2 is 2.31 bits per heavy atom. The number of carbonyl (C=O) groups is 1. The highest BCUT2D eigenvalue weighted by atomic mass is 16.1. The topological polar surface area (TPSA) is 83.8 Å². The van der Waals surface area contributed by atoms with Crippen molar-refractivity contribution in [3.05, 3.63) is 11.8 Å². The molecular formula is C11H20N4O. The summed E-state index contributed by atoms with van der Waals surface area (Å²) in [4.78, 5) is 11.5. The minimum Gasteiger partial charge on any atom is -0.382 e. The van der Waals surface area contributed by atoms with Gasteiger partial charge in [-0.3, -0.25) is 9.89 Å². The minimum atomic E-state index is -0.145. The monoisotopic (exact) mass is 224 g/mol. The molecule has 1 rings (SSSR count). The summed E-state index contributed by atoms with van der Waals surface area (Å²) in [5.41, 5.74) is 5.82. The Morgan fingerprint density at radius 1 is 1.56 bits per heavy atom. The number of aromatic amines is 1. The standard InChI is InChI=1S/C11H20N4O/c1-8(2)5-3-4-6-13-11(16)9-7-10(12)15-14-9/h7-8H,3-6H2,1-2H3,(H,13,16)(H3,12,14,15). The van der Waals surface area contributed by atoms with E-state index in [1.807, 2.05) is 0 Å². The zero-order valence-electron chi connectivity index (χ0n) is 9.92. The average molecular weight is 224 g/mol. The Hall–Kier alpha value is -1.52. The van der Waals surface area contributed by atoms with Crippen molar-refractivity contribution in [3.63, 3.8) is 0 Å². The number of H-pyrrole nitrogens is 1. The highest BCUT2D eigenvalue weighted by Crippen LogP contribution is 2.05. The maximum atomic E-state index is 11.5. The van der Waals surface area contributed by atoms with Crippen LogP contribution in [0.3, 0.4) is 0 Å². The summed E-state index contributed by atoms with van der Waals surface area (Å²) in [6.45, 7) is 5.10. The van der Waals surface area contributed by atoms with Crippen LogP contribution in [0.4, 0.5) is 5.82 Å². The van der Waals surface area contributed by atoms with Crippen molar-refractivity contribution < 1.29 is 4.79 Å². The molecule has 1 aromatic rings. The summed E-state index contributed by atoms with van der Waals surface area (Å²) in [5.74, 6) is 0.918. The predicted molar refractivity (Wildman–Crippen MR) is 64.0 cm³/mol. The second-order valence-corrected chi connectivity index (χ2v) is 4.35. The van der Waals surface area contributed by atoms with Gasteiger partial charge in [-0.2, -0.15) is 5.10 Å². The third-order valence-electron chi connectivity index (χ3n) is 2.34. The molecule has 0 saturated carbocycles. The maximum Gasteiger partial charge on any atom is 0.269 e. The lowest BCUT2D eigenvalue weighted by molar-refractivity contribution is 0.0948. The van der Waals surface area contributed by atoms with E-state index in [2.05, 4.69) is 29.4 Å². The molecule has 1 aromatic heterocycles. The lowest BCUT2D eigenvalue weighted by Crippen LogP contribution is -2.24. The van der Waals surface area contributed by atoms with Gasteiger partial charge in [0.15, 0.2) is 0 Å². The van der Waals surface area contributed by atoms with E-state index in [1.54, 1.807) is 0 Å². The summed E-state index contributed by atoms with van der Waals surface area (Å²) in [6.07, 6.45) is 3.35. The van der Waals surface area contributed by atoms with Crippen molar-refractivity contribution in [3.8, 4) is 0 Å². The van der Waals surface area contributed by atoms with E-state index < -0.39 is 0 Å². The first kappa shape index (κ1) is 12.5. The average Bonchev–Trinajstić information content (AvgIpc) is 2.63. The second kappa shape index (κ2) is 6.15. The molecule has 0 aromatic carbocycles. The number of amides is 1. The van der Waals surface area contributed by atoms with Gasteiger partial charge < -0.3 is 11.1 Å². The van der Waals surface area contributed by atoms with Gasteiger partial charge in [0.25, 0.3) is 5.91 Å². The third-order valence-corrected chi connectivity index (χ3v) is 2.34. The summed E-state index contributed by atoms with van der Waals surface area (Å²) in [7, 11) is 0. The third kappa shape index (κ3) is 4.33. The van der Waals surface area contributed by atoms with Gasteiger partial charge in [-0.15, -0.1) is 0 Å². The molecular weight excluding hydrogens is 204 g/mol. The van der Waals surface area contributed by atoms with Crippen LogP contribution >= 0.6 is 0 Å². The van der Waals surface area contributed by atoms with Gasteiger partial charge in [0.05, 0.1) is 0 Å². The van der Waals surface area contributed by atoms with E-state index >= 15 is 0 Å². The van der Waals surface area contributed by atoms with Crippen LogP contribution in [0.5, 0.6) is 0 Å². The number of rotatable bonds is 6.